The van der Waals surface area contributed by atoms with Gasteiger partial charge < -0.3 is 5.11 Å². The van der Waals surface area contributed by atoms with E-state index in [2.05, 4.69) is 43.9 Å². The molecule has 0 aliphatic carbocycles. The highest BCUT2D eigenvalue weighted by Crippen LogP contribution is 2.19. The standard InChI is InChI=1S/C20H28N2O/c1-4-12-22(14-17-8-5-6-11-20(17)23)15-19-10-7-9-18(21-19)13-16(2)3/h5-11,16,23H,4,12-15H2,1-3H3. The third kappa shape index (κ3) is 5.68. The van der Waals surface area contributed by atoms with Gasteiger partial charge in [-0.25, -0.2) is 0 Å². The first-order valence-corrected chi connectivity index (χ1v) is 8.52. The number of pyridine rings is 1. The molecule has 2 aromatic rings. The highest BCUT2D eigenvalue weighted by Gasteiger charge is 2.10. The summed E-state index contributed by atoms with van der Waals surface area (Å²) in [4.78, 5) is 7.14. The fourth-order valence-corrected chi connectivity index (χ4v) is 2.79. The fourth-order valence-electron chi connectivity index (χ4n) is 2.79. The van der Waals surface area contributed by atoms with Gasteiger partial charge in [0.2, 0.25) is 0 Å². The smallest absolute Gasteiger partial charge is 0.120 e. The lowest BCUT2D eigenvalue weighted by Gasteiger charge is -2.22. The molecule has 0 radical (unpaired) electrons. The van der Waals surface area contributed by atoms with E-state index in [-0.39, 0.29) is 0 Å². The van der Waals surface area contributed by atoms with E-state index in [1.165, 1.54) is 0 Å². The minimum atomic E-state index is 0.370. The summed E-state index contributed by atoms with van der Waals surface area (Å²) in [5, 5.41) is 9.99. The Morgan fingerprint density at radius 1 is 1.00 bits per heavy atom. The third-order valence-corrected chi connectivity index (χ3v) is 3.79. The maximum atomic E-state index is 9.99. The molecule has 0 spiro atoms. The van der Waals surface area contributed by atoms with Crippen LogP contribution in [0.15, 0.2) is 42.5 Å². The van der Waals surface area contributed by atoms with Crippen LogP contribution >= 0.6 is 0 Å². The van der Waals surface area contributed by atoms with Crippen LogP contribution in [0.3, 0.4) is 0 Å². The van der Waals surface area contributed by atoms with Crippen molar-refractivity contribution < 1.29 is 5.11 Å². The molecule has 23 heavy (non-hydrogen) atoms. The zero-order valence-electron chi connectivity index (χ0n) is 14.5. The molecule has 1 aromatic heterocycles. The average molecular weight is 312 g/mol. The van der Waals surface area contributed by atoms with Crippen molar-refractivity contribution in [2.24, 2.45) is 5.92 Å². The van der Waals surface area contributed by atoms with Crippen molar-refractivity contribution >= 4 is 0 Å². The Hall–Kier alpha value is -1.87. The molecule has 0 fully saturated rings. The summed E-state index contributed by atoms with van der Waals surface area (Å²) in [5.74, 6) is 0.987. The van der Waals surface area contributed by atoms with Crippen molar-refractivity contribution in [2.45, 2.75) is 46.7 Å². The molecular weight excluding hydrogens is 284 g/mol. The van der Waals surface area contributed by atoms with E-state index in [0.29, 0.717) is 11.7 Å². The summed E-state index contributed by atoms with van der Waals surface area (Å²) in [6.45, 7) is 9.17. The Balaban J connectivity index is 2.08. The van der Waals surface area contributed by atoms with Gasteiger partial charge in [-0.2, -0.15) is 0 Å². The minimum absolute atomic E-state index is 0.370. The van der Waals surface area contributed by atoms with E-state index >= 15 is 0 Å². The number of phenolic OH excluding ortho intramolecular Hbond substituents is 1. The minimum Gasteiger partial charge on any atom is -0.508 e. The first-order chi connectivity index (χ1) is 11.1. The lowest BCUT2D eigenvalue weighted by Crippen LogP contribution is -2.24. The van der Waals surface area contributed by atoms with E-state index in [4.69, 9.17) is 4.98 Å². The topological polar surface area (TPSA) is 36.4 Å². The van der Waals surface area contributed by atoms with Crippen molar-refractivity contribution in [1.82, 2.24) is 9.88 Å². The molecule has 0 aliphatic heterocycles. The third-order valence-electron chi connectivity index (χ3n) is 3.79. The predicted octanol–water partition coefficient (Wildman–Crippen LogP) is 4.40. The molecule has 0 unspecified atom stereocenters. The van der Waals surface area contributed by atoms with Crippen LogP contribution < -0.4 is 0 Å². The maximum absolute atomic E-state index is 9.99. The number of nitrogens with zero attached hydrogens (tertiary/aromatic N) is 2. The lowest BCUT2D eigenvalue weighted by molar-refractivity contribution is 0.250. The second-order valence-electron chi connectivity index (χ2n) is 6.56. The second-order valence-corrected chi connectivity index (χ2v) is 6.56. The number of phenols is 1. The predicted molar refractivity (Wildman–Crippen MR) is 95.3 cm³/mol. The highest BCUT2D eigenvalue weighted by molar-refractivity contribution is 5.31. The van der Waals surface area contributed by atoms with Crippen LogP contribution in [0.4, 0.5) is 0 Å². The number of aromatic nitrogens is 1. The fraction of sp³-hybridized carbons (Fsp3) is 0.450. The molecule has 2 rings (SSSR count). The van der Waals surface area contributed by atoms with Gasteiger partial charge in [0.15, 0.2) is 0 Å². The number of hydrogen-bond donors (Lipinski definition) is 1. The summed E-state index contributed by atoms with van der Waals surface area (Å²) in [7, 11) is 0. The number of benzene rings is 1. The van der Waals surface area contributed by atoms with Gasteiger partial charge in [0, 0.05) is 24.3 Å². The van der Waals surface area contributed by atoms with Crippen LogP contribution in [-0.2, 0) is 19.5 Å². The Bertz CT molecular complexity index is 610. The van der Waals surface area contributed by atoms with Gasteiger partial charge in [-0.15, -0.1) is 0 Å². The molecule has 1 N–H and O–H groups in total. The van der Waals surface area contributed by atoms with Crippen LogP contribution in [-0.4, -0.2) is 21.5 Å². The van der Waals surface area contributed by atoms with Crippen LogP contribution in [0.2, 0.25) is 0 Å². The summed E-state index contributed by atoms with van der Waals surface area (Å²) < 4.78 is 0. The Labute approximate surface area is 140 Å². The first-order valence-electron chi connectivity index (χ1n) is 8.52. The molecule has 0 bridgehead atoms. The van der Waals surface area contributed by atoms with E-state index in [1.807, 2.05) is 18.2 Å². The number of rotatable bonds is 8. The number of aromatic hydroxyl groups is 1. The van der Waals surface area contributed by atoms with Crippen molar-refractivity contribution in [1.29, 1.82) is 0 Å². The Morgan fingerprint density at radius 3 is 2.43 bits per heavy atom. The van der Waals surface area contributed by atoms with Gasteiger partial charge in [0.05, 0.1) is 5.69 Å². The van der Waals surface area contributed by atoms with E-state index < -0.39 is 0 Å². The molecule has 0 saturated carbocycles. The molecule has 0 atom stereocenters. The summed E-state index contributed by atoms with van der Waals surface area (Å²) in [6.07, 6.45) is 2.10. The SMILES string of the molecule is CCCN(Cc1cccc(CC(C)C)n1)Cc1ccccc1O. The van der Waals surface area contributed by atoms with Gasteiger partial charge >= 0.3 is 0 Å². The lowest BCUT2D eigenvalue weighted by atomic mass is 10.1. The molecule has 1 aromatic carbocycles. The van der Waals surface area contributed by atoms with E-state index in [1.54, 1.807) is 6.07 Å². The molecule has 124 valence electrons. The van der Waals surface area contributed by atoms with Crippen molar-refractivity contribution in [3.05, 3.63) is 59.4 Å². The zero-order valence-corrected chi connectivity index (χ0v) is 14.5. The second kappa shape index (κ2) is 8.68. The first kappa shape index (κ1) is 17.5. The number of hydrogen-bond acceptors (Lipinski definition) is 3. The largest absolute Gasteiger partial charge is 0.508 e. The molecule has 3 nitrogen and oxygen atoms in total. The van der Waals surface area contributed by atoms with Crippen LogP contribution in [0.5, 0.6) is 5.75 Å². The Morgan fingerprint density at radius 2 is 1.74 bits per heavy atom. The number of para-hydroxylation sites is 1. The molecule has 1 heterocycles. The van der Waals surface area contributed by atoms with Crippen molar-refractivity contribution in [3.8, 4) is 5.75 Å². The zero-order chi connectivity index (χ0) is 16.7. The monoisotopic (exact) mass is 312 g/mol. The molecule has 0 saturated heterocycles. The van der Waals surface area contributed by atoms with E-state index in [0.717, 1.165) is 49.4 Å². The van der Waals surface area contributed by atoms with Crippen LogP contribution in [0, 0.1) is 5.92 Å². The quantitative estimate of drug-likeness (QED) is 0.785. The normalized spacial score (nSPS) is 11.3. The van der Waals surface area contributed by atoms with E-state index in [9.17, 15) is 5.11 Å². The molecular formula is C20H28N2O. The van der Waals surface area contributed by atoms with Crippen molar-refractivity contribution in [3.63, 3.8) is 0 Å². The highest BCUT2D eigenvalue weighted by atomic mass is 16.3. The van der Waals surface area contributed by atoms with Gasteiger partial charge in [-0.3, -0.25) is 9.88 Å². The average Bonchev–Trinajstić information content (AvgIpc) is 2.49. The summed E-state index contributed by atoms with van der Waals surface area (Å²) in [5.41, 5.74) is 3.24. The molecule has 0 aliphatic rings. The molecule has 3 heteroatoms. The van der Waals surface area contributed by atoms with Crippen LogP contribution in [0.1, 0.15) is 44.1 Å². The molecule has 0 amide bonds. The maximum Gasteiger partial charge on any atom is 0.120 e. The van der Waals surface area contributed by atoms with Crippen molar-refractivity contribution in [2.75, 3.05) is 6.54 Å². The van der Waals surface area contributed by atoms with Crippen LogP contribution in [0.25, 0.3) is 0 Å². The summed E-state index contributed by atoms with van der Waals surface area (Å²) >= 11 is 0. The summed E-state index contributed by atoms with van der Waals surface area (Å²) in [6, 6.07) is 13.9. The van der Waals surface area contributed by atoms with Gasteiger partial charge in [-0.05, 0) is 43.5 Å². The van der Waals surface area contributed by atoms with Gasteiger partial charge in [-0.1, -0.05) is 45.0 Å². The van der Waals surface area contributed by atoms with Gasteiger partial charge in [0.25, 0.3) is 0 Å². The Kier molecular flexibility index (Phi) is 6.60. The van der Waals surface area contributed by atoms with Gasteiger partial charge in [0.1, 0.15) is 5.75 Å².